The highest BCUT2D eigenvalue weighted by Crippen LogP contribution is 2.14. The number of halogens is 1. The van der Waals surface area contributed by atoms with Crippen LogP contribution in [-0.4, -0.2) is 35.6 Å². The van der Waals surface area contributed by atoms with Crippen molar-refractivity contribution in [3.05, 3.63) is 41.7 Å². The first-order chi connectivity index (χ1) is 11.7. The second-order valence-electron chi connectivity index (χ2n) is 5.50. The molecule has 8 nitrogen and oxygen atoms in total. The van der Waals surface area contributed by atoms with E-state index in [1.807, 2.05) is 6.92 Å². The quantitative estimate of drug-likeness (QED) is 0.754. The van der Waals surface area contributed by atoms with E-state index in [9.17, 15) is 17.6 Å². The van der Waals surface area contributed by atoms with Gasteiger partial charge in [0, 0.05) is 6.54 Å². The van der Waals surface area contributed by atoms with Crippen molar-refractivity contribution >= 4 is 15.9 Å². The van der Waals surface area contributed by atoms with E-state index in [1.165, 1.54) is 13.0 Å². The van der Waals surface area contributed by atoms with E-state index in [2.05, 4.69) is 20.2 Å². The Morgan fingerprint density at radius 3 is 2.76 bits per heavy atom. The number of nitrogens with zero attached hydrogens (tertiary/aromatic N) is 3. The number of sulfonamides is 1. The zero-order chi connectivity index (χ0) is 18.6. The zero-order valence-electron chi connectivity index (χ0n) is 14.2. The lowest BCUT2D eigenvalue weighted by molar-refractivity contribution is -0.120. The third kappa shape index (κ3) is 4.60. The third-order valence-corrected chi connectivity index (χ3v) is 5.01. The van der Waals surface area contributed by atoms with Gasteiger partial charge in [0.25, 0.3) is 0 Å². The minimum absolute atomic E-state index is 0.0991. The third-order valence-electron chi connectivity index (χ3n) is 3.61. The summed E-state index contributed by atoms with van der Waals surface area (Å²) in [6.07, 6.45) is 1.55. The van der Waals surface area contributed by atoms with Crippen molar-refractivity contribution < 1.29 is 17.6 Å². The fourth-order valence-electron chi connectivity index (χ4n) is 2.23. The number of hydrogen-bond donors (Lipinski definition) is 2. The lowest BCUT2D eigenvalue weighted by Crippen LogP contribution is -2.38. The van der Waals surface area contributed by atoms with Gasteiger partial charge in [-0.05, 0) is 44.5 Å². The summed E-state index contributed by atoms with van der Waals surface area (Å²) in [5.74, 6) is -0.431. The van der Waals surface area contributed by atoms with Crippen LogP contribution in [0.1, 0.15) is 31.3 Å². The number of carbonyl (C=O) groups excluding carboxylic acids is 1. The number of hydrogen-bond acceptors (Lipinski definition) is 5. The molecule has 1 aromatic heterocycles. The average molecular weight is 369 g/mol. The summed E-state index contributed by atoms with van der Waals surface area (Å²) in [5.41, 5.74) is 0.208. The molecule has 0 saturated heterocycles. The topological polar surface area (TPSA) is 106 Å². The number of amides is 1. The van der Waals surface area contributed by atoms with Crippen molar-refractivity contribution in [3.63, 3.8) is 0 Å². The Hall–Kier alpha value is -2.33. The minimum atomic E-state index is -3.91. The highest BCUT2D eigenvalue weighted by Gasteiger charge is 2.19. The fourth-order valence-corrected chi connectivity index (χ4v) is 3.30. The van der Waals surface area contributed by atoms with Crippen molar-refractivity contribution in [1.82, 2.24) is 24.8 Å². The molecule has 136 valence electrons. The molecule has 0 bridgehead atoms. The Morgan fingerprint density at radius 2 is 2.12 bits per heavy atom. The van der Waals surface area contributed by atoms with Crippen molar-refractivity contribution in [2.24, 2.45) is 0 Å². The molecule has 0 radical (unpaired) electrons. The van der Waals surface area contributed by atoms with Gasteiger partial charge >= 0.3 is 0 Å². The van der Waals surface area contributed by atoms with Gasteiger partial charge < -0.3 is 9.88 Å². The first kappa shape index (κ1) is 19.0. The monoisotopic (exact) mass is 369 g/mol. The molecule has 0 saturated carbocycles. The summed E-state index contributed by atoms with van der Waals surface area (Å²) in [7, 11) is -3.91. The molecule has 0 aliphatic carbocycles. The maximum absolute atomic E-state index is 13.2. The van der Waals surface area contributed by atoms with Gasteiger partial charge in [-0.1, -0.05) is 0 Å². The molecule has 2 rings (SSSR count). The summed E-state index contributed by atoms with van der Waals surface area (Å²) in [6, 6.07) is 3.01. The molecule has 1 unspecified atom stereocenters. The Balaban J connectivity index is 1.98. The number of nitrogens with one attached hydrogen (secondary N) is 2. The van der Waals surface area contributed by atoms with Crippen LogP contribution in [0.3, 0.4) is 0 Å². The van der Waals surface area contributed by atoms with Crippen LogP contribution in [0, 0.1) is 12.7 Å². The smallest absolute Gasteiger partial charge is 0.241 e. The summed E-state index contributed by atoms with van der Waals surface area (Å²) < 4.78 is 41.6. The molecule has 1 amide bonds. The van der Waals surface area contributed by atoms with Crippen LogP contribution in [0.5, 0.6) is 0 Å². The van der Waals surface area contributed by atoms with Crippen LogP contribution in [-0.2, 0) is 21.4 Å². The van der Waals surface area contributed by atoms with E-state index in [0.29, 0.717) is 12.4 Å². The maximum atomic E-state index is 13.2. The van der Waals surface area contributed by atoms with Crippen LogP contribution in [0.4, 0.5) is 4.39 Å². The molecule has 25 heavy (non-hydrogen) atoms. The van der Waals surface area contributed by atoms with Crippen molar-refractivity contribution in [1.29, 1.82) is 0 Å². The van der Waals surface area contributed by atoms with E-state index in [-0.39, 0.29) is 10.5 Å². The van der Waals surface area contributed by atoms with Gasteiger partial charge in [0.15, 0.2) is 5.82 Å². The number of benzene rings is 1. The van der Waals surface area contributed by atoms with Gasteiger partial charge in [-0.2, -0.15) is 0 Å². The predicted octanol–water partition coefficient (Wildman–Crippen LogP) is 0.901. The van der Waals surface area contributed by atoms with Crippen LogP contribution < -0.4 is 10.0 Å². The van der Waals surface area contributed by atoms with E-state index in [4.69, 9.17) is 0 Å². The van der Waals surface area contributed by atoms with E-state index < -0.39 is 34.3 Å². The molecule has 0 spiro atoms. The second kappa shape index (κ2) is 7.70. The van der Waals surface area contributed by atoms with Gasteiger partial charge in [0.2, 0.25) is 15.9 Å². The second-order valence-corrected chi connectivity index (χ2v) is 7.27. The summed E-state index contributed by atoms with van der Waals surface area (Å²) in [5, 5.41) is 10.4. The Kier molecular flexibility index (Phi) is 5.85. The largest absolute Gasteiger partial charge is 0.345 e. The Bertz CT molecular complexity index is 866. The molecular formula is C15H20FN5O3S. The number of aromatic nitrogens is 3. The molecule has 1 aromatic carbocycles. The van der Waals surface area contributed by atoms with Crippen LogP contribution in [0.15, 0.2) is 29.4 Å². The first-order valence-electron chi connectivity index (χ1n) is 7.67. The summed E-state index contributed by atoms with van der Waals surface area (Å²) in [6.45, 7) is 5.32. The molecule has 2 N–H and O–H groups in total. The van der Waals surface area contributed by atoms with Gasteiger partial charge in [0.1, 0.15) is 12.1 Å². The fraction of sp³-hybridized carbons (Fsp3) is 0.400. The lowest BCUT2D eigenvalue weighted by Gasteiger charge is -2.14. The highest BCUT2D eigenvalue weighted by atomic mass is 32.2. The van der Waals surface area contributed by atoms with E-state index in [1.54, 1.807) is 17.8 Å². The molecule has 0 aliphatic heterocycles. The molecule has 10 heteroatoms. The highest BCUT2D eigenvalue weighted by molar-refractivity contribution is 7.89. The Morgan fingerprint density at radius 1 is 1.40 bits per heavy atom. The summed E-state index contributed by atoms with van der Waals surface area (Å²) in [4.78, 5) is 11.9. The lowest BCUT2D eigenvalue weighted by atomic mass is 10.2. The van der Waals surface area contributed by atoms with Crippen LogP contribution in [0.25, 0.3) is 0 Å². The van der Waals surface area contributed by atoms with Crippen LogP contribution >= 0.6 is 0 Å². The SMILES string of the molecule is CCn1cnnc1C(C)NC(=O)CNS(=O)(=O)c1ccc(F)c(C)c1. The van der Waals surface area contributed by atoms with E-state index >= 15 is 0 Å². The molecule has 1 heterocycles. The number of rotatable bonds is 7. The molecule has 0 aliphatic rings. The maximum Gasteiger partial charge on any atom is 0.241 e. The van der Waals surface area contributed by atoms with Crippen molar-refractivity contribution in [2.75, 3.05) is 6.54 Å². The van der Waals surface area contributed by atoms with Crippen molar-refractivity contribution in [3.8, 4) is 0 Å². The first-order valence-corrected chi connectivity index (χ1v) is 9.15. The standard InChI is InChI=1S/C15H20FN5O3S/c1-4-21-9-17-20-15(21)11(3)19-14(22)8-18-25(23,24)12-5-6-13(16)10(2)7-12/h5-7,9,11,18H,4,8H2,1-3H3,(H,19,22). The molecular weight excluding hydrogens is 349 g/mol. The minimum Gasteiger partial charge on any atom is -0.345 e. The predicted molar refractivity (Wildman–Crippen MR) is 88.6 cm³/mol. The normalized spacial score (nSPS) is 12.8. The number of carbonyl (C=O) groups is 1. The van der Waals surface area contributed by atoms with Crippen LogP contribution in [0.2, 0.25) is 0 Å². The average Bonchev–Trinajstić information content (AvgIpc) is 3.04. The number of aryl methyl sites for hydroxylation is 2. The van der Waals surface area contributed by atoms with Gasteiger partial charge in [-0.25, -0.2) is 17.5 Å². The molecule has 1 atom stereocenters. The van der Waals surface area contributed by atoms with E-state index in [0.717, 1.165) is 12.1 Å². The molecule has 2 aromatic rings. The van der Waals surface area contributed by atoms with Gasteiger partial charge in [-0.3, -0.25) is 4.79 Å². The van der Waals surface area contributed by atoms with Gasteiger partial charge in [0.05, 0.1) is 17.5 Å². The summed E-state index contributed by atoms with van der Waals surface area (Å²) >= 11 is 0. The Labute approximate surface area is 145 Å². The zero-order valence-corrected chi connectivity index (χ0v) is 15.0. The molecule has 0 fully saturated rings. The van der Waals surface area contributed by atoms with Crippen molar-refractivity contribution in [2.45, 2.75) is 38.3 Å². The van der Waals surface area contributed by atoms with Gasteiger partial charge in [-0.15, -0.1) is 10.2 Å².